The Hall–Kier alpha value is -0.950. The Morgan fingerprint density at radius 3 is 2.40 bits per heavy atom. The van der Waals surface area contributed by atoms with Gasteiger partial charge >= 0.3 is 0 Å². The minimum atomic E-state index is -3.19. The molecule has 0 saturated carbocycles. The lowest BCUT2D eigenvalue weighted by atomic mass is 10.1. The molecule has 114 valence electrons. The zero-order valence-electron chi connectivity index (χ0n) is 12.2. The van der Waals surface area contributed by atoms with Gasteiger partial charge in [0.05, 0.1) is 11.0 Å². The van der Waals surface area contributed by atoms with Crippen molar-refractivity contribution < 1.29 is 18.3 Å². The molecule has 1 aromatic rings. The first-order chi connectivity index (χ1) is 9.34. The molecule has 0 aromatic heterocycles. The van der Waals surface area contributed by atoms with Crippen LogP contribution in [0, 0.1) is 0 Å². The van der Waals surface area contributed by atoms with Crippen LogP contribution >= 0.6 is 0 Å². The van der Waals surface area contributed by atoms with Crippen LogP contribution in [-0.4, -0.2) is 46.1 Å². The van der Waals surface area contributed by atoms with Gasteiger partial charge in [-0.3, -0.25) is 0 Å². The summed E-state index contributed by atoms with van der Waals surface area (Å²) in [6.45, 7) is 3.12. The number of nitrogens with one attached hydrogen (secondary N) is 1. The Balaban J connectivity index is 2.54. The van der Waals surface area contributed by atoms with Crippen molar-refractivity contribution in [2.75, 3.05) is 26.5 Å². The third-order valence-corrected chi connectivity index (χ3v) is 4.24. The molecule has 20 heavy (non-hydrogen) atoms. The fourth-order valence-corrected chi connectivity index (χ4v) is 2.39. The maximum atomic E-state index is 11.3. The summed E-state index contributed by atoms with van der Waals surface area (Å²) < 4.78 is 27.7. The van der Waals surface area contributed by atoms with Gasteiger partial charge in [0, 0.05) is 32.6 Å². The van der Waals surface area contributed by atoms with Crippen molar-refractivity contribution in [3.63, 3.8) is 0 Å². The van der Waals surface area contributed by atoms with E-state index in [4.69, 9.17) is 4.74 Å². The molecule has 0 radical (unpaired) electrons. The van der Waals surface area contributed by atoms with Gasteiger partial charge in [-0.15, -0.1) is 0 Å². The summed E-state index contributed by atoms with van der Waals surface area (Å²) in [6.07, 6.45) is 1.38. The van der Waals surface area contributed by atoms with Crippen molar-refractivity contribution in [1.29, 1.82) is 0 Å². The lowest BCUT2D eigenvalue weighted by Gasteiger charge is -2.17. The molecule has 1 rings (SSSR count). The van der Waals surface area contributed by atoms with Gasteiger partial charge < -0.3 is 15.2 Å². The maximum absolute atomic E-state index is 11.3. The van der Waals surface area contributed by atoms with Crippen LogP contribution < -0.4 is 5.32 Å². The molecule has 2 unspecified atom stereocenters. The second-order valence-electron chi connectivity index (χ2n) is 4.95. The van der Waals surface area contributed by atoms with Crippen molar-refractivity contribution in [3.05, 3.63) is 29.8 Å². The number of aliphatic hydroxyl groups excluding tert-OH is 1. The van der Waals surface area contributed by atoms with E-state index >= 15 is 0 Å². The highest BCUT2D eigenvalue weighted by Crippen LogP contribution is 2.16. The SMILES string of the molecule is COCCC(C)NCC(O)c1ccc(S(C)(=O)=O)cc1. The topological polar surface area (TPSA) is 75.6 Å². The van der Waals surface area contributed by atoms with Crippen LogP contribution in [0.15, 0.2) is 29.2 Å². The Labute approximate surface area is 120 Å². The standard InChI is InChI=1S/C14H23NO4S/c1-11(8-9-19-2)15-10-14(16)12-4-6-13(7-5-12)20(3,17)18/h4-7,11,14-16H,8-10H2,1-3H3. The summed E-state index contributed by atoms with van der Waals surface area (Å²) in [6, 6.07) is 6.56. The lowest BCUT2D eigenvalue weighted by molar-refractivity contribution is 0.158. The summed E-state index contributed by atoms with van der Waals surface area (Å²) in [4.78, 5) is 0.259. The summed E-state index contributed by atoms with van der Waals surface area (Å²) in [5, 5.41) is 13.3. The Kier molecular flexibility index (Phi) is 6.61. The summed E-state index contributed by atoms with van der Waals surface area (Å²) in [5.74, 6) is 0. The average Bonchev–Trinajstić information content (AvgIpc) is 2.41. The molecule has 0 aliphatic carbocycles. The fourth-order valence-electron chi connectivity index (χ4n) is 1.76. The van der Waals surface area contributed by atoms with E-state index in [1.807, 2.05) is 6.92 Å². The van der Waals surface area contributed by atoms with Crippen LogP contribution in [0.5, 0.6) is 0 Å². The van der Waals surface area contributed by atoms with Crippen LogP contribution in [0.4, 0.5) is 0 Å². The van der Waals surface area contributed by atoms with Crippen LogP contribution in [0.25, 0.3) is 0 Å². The highest BCUT2D eigenvalue weighted by Gasteiger charge is 2.11. The molecule has 0 aliphatic rings. The molecule has 0 aliphatic heterocycles. The van der Waals surface area contributed by atoms with E-state index in [9.17, 15) is 13.5 Å². The second kappa shape index (κ2) is 7.73. The average molecular weight is 301 g/mol. The van der Waals surface area contributed by atoms with Crippen LogP contribution in [0.1, 0.15) is 25.0 Å². The number of hydrogen-bond acceptors (Lipinski definition) is 5. The van der Waals surface area contributed by atoms with Gasteiger partial charge in [-0.2, -0.15) is 0 Å². The highest BCUT2D eigenvalue weighted by atomic mass is 32.2. The van der Waals surface area contributed by atoms with E-state index in [1.54, 1.807) is 19.2 Å². The monoisotopic (exact) mass is 301 g/mol. The second-order valence-corrected chi connectivity index (χ2v) is 6.96. The molecule has 0 saturated heterocycles. The molecule has 5 nitrogen and oxygen atoms in total. The van der Waals surface area contributed by atoms with Crippen LogP contribution in [0.3, 0.4) is 0 Å². The van der Waals surface area contributed by atoms with Gasteiger partial charge in [0.2, 0.25) is 0 Å². The molecular weight excluding hydrogens is 278 g/mol. The number of sulfone groups is 1. The molecule has 0 amide bonds. The number of hydrogen-bond donors (Lipinski definition) is 2. The molecule has 0 spiro atoms. The van der Waals surface area contributed by atoms with Crippen LogP contribution in [0.2, 0.25) is 0 Å². The third-order valence-electron chi connectivity index (χ3n) is 3.11. The van der Waals surface area contributed by atoms with Crippen molar-refractivity contribution >= 4 is 9.84 Å². The minimum absolute atomic E-state index is 0.250. The quantitative estimate of drug-likeness (QED) is 0.753. The van der Waals surface area contributed by atoms with E-state index in [0.29, 0.717) is 18.7 Å². The molecular formula is C14H23NO4S. The molecule has 0 bridgehead atoms. The number of ether oxygens (including phenoxy) is 1. The maximum Gasteiger partial charge on any atom is 0.175 e. The van der Waals surface area contributed by atoms with Crippen molar-refractivity contribution in [2.24, 2.45) is 0 Å². The predicted octanol–water partition coefficient (Wildman–Crippen LogP) is 1.14. The molecule has 0 heterocycles. The number of aliphatic hydroxyl groups is 1. The lowest BCUT2D eigenvalue weighted by Crippen LogP contribution is -2.31. The van der Waals surface area contributed by atoms with E-state index < -0.39 is 15.9 Å². The first-order valence-electron chi connectivity index (χ1n) is 6.55. The van der Waals surface area contributed by atoms with Gasteiger partial charge in [-0.05, 0) is 31.0 Å². The normalized spacial score (nSPS) is 15.0. The zero-order valence-corrected chi connectivity index (χ0v) is 13.0. The smallest absolute Gasteiger partial charge is 0.175 e. The van der Waals surface area contributed by atoms with Gasteiger partial charge in [-0.1, -0.05) is 12.1 Å². The fraction of sp³-hybridized carbons (Fsp3) is 0.571. The van der Waals surface area contributed by atoms with Gasteiger partial charge in [0.15, 0.2) is 9.84 Å². The number of methoxy groups -OCH3 is 1. The van der Waals surface area contributed by atoms with Crippen molar-refractivity contribution in [2.45, 2.75) is 30.4 Å². The highest BCUT2D eigenvalue weighted by molar-refractivity contribution is 7.90. The summed E-state index contributed by atoms with van der Waals surface area (Å²) in [5.41, 5.74) is 0.698. The molecule has 6 heteroatoms. The van der Waals surface area contributed by atoms with E-state index in [1.165, 1.54) is 12.1 Å². The molecule has 1 aromatic carbocycles. The largest absolute Gasteiger partial charge is 0.387 e. The molecule has 2 N–H and O–H groups in total. The summed E-state index contributed by atoms with van der Waals surface area (Å²) >= 11 is 0. The molecule has 2 atom stereocenters. The number of benzene rings is 1. The van der Waals surface area contributed by atoms with Crippen molar-refractivity contribution in [3.8, 4) is 0 Å². The molecule has 0 fully saturated rings. The Bertz CT molecular complexity index is 498. The number of rotatable bonds is 8. The first kappa shape index (κ1) is 17.1. The Morgan fingerprint density at radius 1 is 1.30 bits per heavy atom. The first-order valence-corrected chi connectivity index (χ1v) is 8.44. The van der Waals surface area contributed by atoms with Crippen LogP contribution in [-0.2, 0) is 14.6 Å². The van der Waals surface area contributed by atoms with Gasteiger partial charge in [0.1, 0.15) is 0 Å². The van der Waals surface area contributed by atoms with E-state index in [2.05, 4.69) is 5.32 Å². The van der Waals surface area contributed by atoms with E-state index in [0.717, 1.165) is 12.7 Å². The van der Waals surface area contributed by atoms with E-state index in [-0.39, 0.29) is 10.9 Å². The third kappa shape index (κ3) is 5.58. The minimum Gasteiger partial charge on any atom is -0.387 e. The van der Waals surface area contributed by atoms with Gasteiger partial charge in [-0.25, -0.2) is 8.42 Å². The zero-order chi connectivity index (χ0) is 15.2. The van der Waals surface area contributed by atoms with Gasteiger partial charge in [0.25, 0.3) is 0 Å². The predicted molar refractivity (Wildman–Crippen MR) is 78.5 cm³/mol. The summed E-state index contributed by atoms with van der Waals surface area (Å²) in [7, 11) is -1.53. The Morgan fingerprint density at radius 2 is 1.90 bits per heavy atom. The van der Waals surface area contributed by atoms with Crippen molar-refractivity contribution in [1.82, 2.24) is 5.32 Å².